The number of carboxylic acids is 1. The fourth-order valence-electron chi connectivity index (χ4n) is 1.70. The van der Waals surface area contributed by atoms with Crippen molar-refractivity contribution in [1.29, 1.82) is 0 Å². The Hall–Kier alpha value is -2.94. The minimum atomic E-state index is -2.88. The first-order valence-corrected chi connectivity index (χ1v) is 7.04. The van der Waals surface area contributed by atoms with Crippen LogP contribution in [0.4, 0.5) is 20.2 Å². The van der Waals surface area contributed by atoms with Gasteiger partial charge in [0.15, 0.2) is 5.11 Å². The number of rotatable bonds is 6. The van der Waals surface area contributed by atoms with E-state index < -0.39 is 12.6 Å². The lowest BCUT2D eigenvalue weighted by atomic mass is 10.2. The summed E-state index contributed by atoms with van der Waals surface area (Å²) in [5.74, 6) is -1.22. The maximum absolute atomic E-state index is 12.0. The quantitative estimate of drug-likeness (QED) is 0.541. The van der Waals surface area contributed by atoms with Gasteiger partial charge in [0, 0.05) is 5.69 Å². The number of alkyl halides is 2. The third-order valence-corrected chi connectivity index (χ3v) is 2.98. The topological polar surface area (TPSA) is 85.5 Å². The highest BCUT2D eigenvalue weighted by Crippen LogP contribution is 2.17. The van der Waals surface area contributed by atoms with E-state index in [-0.39, 0.29) is 16.4 Å². The number of carbonyl (C=O) groups excluding carboxylic acids is 1. The second-order valence-electron chi connectivity index (χ2n) is 4.47. The lowest BCUT2D eigenvalue weighted by molar-refractivity contribution is -0.255. The van der Waals surface area contributed by atoms with Gasteiger partial charge in [-0.25, -0.2) is 0 Å². The molecule has 0 unspecified atom stereocenters. The number of thiocarbonyl (C=S) groups is 1. The number of halogens is 2. The number of ether oxygens (including phenoxy) is 1. The minimum absolute atomic E-state index is 0.0422. The van der Waals surface area contributed by atoms with Crippen molar-refractivity contribution in [2.75, 3.05) is 10.7 Å². The second-order valence-corrected chi connectivity index (χ2v) is 4.88. The van der Waals surface area contributed by atoms with E-state index in [9.17, 15) is 18.7 Å². The number of hydrogen-bond acceptors (Lipinski definition) is 5. The summed E-state index contributed by atoms with van der Waals surface area (Å²) in [6.07, 6.45) is 0. The Morgan fingerprint density at radius 1 is 1.04 bits per heavy atom. The number of hydrazine groups is 1. The summed E-state index contributed by atoms with van der Waals surface area (Å²) in [7, 11) is 0. The molecule has 0 atom stereocenters. The van der Waals surface area contributed by atoms with Crippen molar-refractivity contribution in [3.8, 4) is 5.75 Å². The van der Waals surface area contributed by atoms with Gasteiger partial charge in [-0.15, -0.1) is 0 Å². The molecule has 0 amide bonds. The molecule has 0 aliphatic heterocycles. The van der Waals surface area contributed by atoms with Crippen LogP contribution in [0.1, 0.15) is 10.4 Å². The molecule has 0 bridgehead atoms. The lowest BCUT2D eigenvalue weighted by Crippen LogP contribution is -2.33. The van der Waals surface area contributed by atoms with Gasteiger partial charge >= 0.3 is 6.61 Å². The molecular weight excluding hydrogens is 340 g/mol. The van der Waals surface area contributed by atoms with Crippen LogP contribution in [-0.4, -0.2) is 17.7 Å². The molecule has 9 heteroatoms. The van der Waals surface area contributed by atoms with E-state index in [1.54, 1.807) is 0 Å². The molecule has 2 aromatic rings. The van der Waals surface area contributed by atoms with Crippen molar-refractivity contribution < 1.29 is 23.4 Å². The zero-order valence-electron chi connectivity index (χ0n) is 12.1. The number of anilines is 2. The molecule has 0 fully saturated rings. The molecule has 6 nitrogen and oxygen atoms in total. The number of carbonyl (C=O) groups is 1. The summed E-state index contributed by atoms with van der Waals surface area (Å²) in [5, 5.41) is 13.7. The van der Waals surface area contributed by atoms with Gasteiger partial charge in [-0.2, -0.15) is 8.78 Å². The summed E-state index contributed by atoms with van der Waals surface area (Å²) in [6, 6.07) is 11.7. The average Bonchev–Trinajstić information content (AvgIpc) is 2.54. The smallest absolute Gasteiger partial charge is 0.387 e. The van der Waals surface area contributed by atoms with E-state index in [4.69, 9.17) is 12.2 Å². The van der Waals surface area contributed by atoms with Crippen molar-refractivity contribution in [1.82, 2.24) is 5.43 Å². The van der Waals surface area contributed by atoms with Gasteiger partial charge in [0.05, 0.1) is 11.7 Å². The first-order chi connectivity index (χ1) is 11.4. The van der Waals surface area contributed by atoms with Crippen LogP contribution >= 0.6 is 12.2 Å². The minimum Gasteiger partial charge on any atom is -0.545 e. The number of carboxylic acid groups (broad SMARTS) is 1. The summed E-state index contributed by atoms with van der Waals surface area (Å²) < 4.78 is 28.3. The van der Waals surface area contributed by atoms with Crippen LogP contribution in [0.3, 0.4) is 0 Å². The lowest BCUT2D eigenvalue weighted by Gasteiger charge is -2.13. The largest absolute Gasteiger partial charge is 0.545 e. The number of nitrogens with one attached hydrogen (secondary N) is 3. The fourth-order valence-corrected chi connectivity index (χ4v) is 1.87. The van der Waals surface area contributed by atoms with Crippen LogP contribution in [-0.2, 0) is 0 Å². The highest BCUT2D eigenvalue weighted by Gasteiger charge is 2.04. The van der Waals surface area contributed by atoms with Crippen LogP contribution < -0.4 is 26.0 Å². The van der Waals surface area contributed by atoms with Gasteiger partial charge in [-0.05, 0) is 54.2 Å². The Morgan fingerprint density at radius 2 is 1.62 bits per heavy atom. The molecule has 0 aromatic heterocycles. The second kappa shape index (κ2) is 8.06. The van der Waals surface area contributed by atoms with Gasteiger partial charge in [0.1, 0.15) is 5.75 Å². The van der Waals surface area contributed by atoms with E-state index in [0.29, 0.717) is 11.4 Å². The molecule has 0 saturated carbocycles. The maximum atomic E-state index is 12.0. The van der Waals surface area contributed by atoms with Gasteiger partial charge in [-0.1, -0.05) is 12.1 Å². The molecule has 0 aliphatic rings. The van der Waals surface area contributed by atoms with Gasteiger partial charge in [0.25, 0.3) is 0 Å². The maximum Gasteiger partial charge on any atom is 0.387 e. The Labute approximate surface area is 141 Å². The first kappa shape index (κ1) is 17.4. The Kier molecular flexibility index (Phi) is 5.85. The molecule has 0 aliphatic carbocycles. The van der Waals surface area contributed by atoms with E-state index in [2.05, 4.69) is 20.9 Å². The molecule has 0 saturated heterocycles. The molecule has 2 aromatic carbocycles. The molecule has 2 rings (SSSR count). The fraction of sp³-hybridized carbons (Fsp3) is 0.0667. The van der Waals surface area contributed by atoms with Gasteiger partial charge < -0.3 is 20.0 Å². The number of hydrogen-bond donors (Lipinski definition) is 3. The number of benzene rings is 2. The predicted octanol–water partition coefficient (Wildman–Crippen LogP) is 1.96. The molecule has 3 N–H and O–H groups in total. The highest BCUT2D eigenvalue weighted by atomic mass is 32.1. The molecule has 126 valence electrons. The molecule has 0 heterocycles. The Balaban J connectivity index is 1.83. The van der Waals surface area contributed by atoms with Crippen molar-refractivity contribution in [2.24, 2.45) is 0 Å². The van der Waals surface area contributed by atoms with Gasteiger partial charge in [0.2, 0.25) is 0 Å². The van der Waals surface area contributed by atoms with Crippen LogP contribution in [0.2, 0.25) is 0 Å². The van der Waals surface area contributed by atoms with Crippen molar-refractivity contribution in [2.45, 2.75) is 6.61 Å². The zero-order chi connectivity index (χ0) is 17.5. The van der Waals surface area contributed by atoms with Crippen molar-refractivity contribution >= 4 is 34.7 Å². The summed E-state index contributed by atoms with van der Waals surface area (Å²) >= 11 is 5.07. The molecule has 24 heavy (non-hydrogen) atoms. The summed E-state index contributed by atoms with van der Waals surface area (Å²) in [5.41, 5.74) is 6.70. The van der Waals surface area contributed by atoms with Crippen molar-refractivity contribution in [3.05, 3.63) is 54.1 Å². The number of aromatic carboxylic acids is 1. The van der Waals surface area contributed by atoms with Crippen LogP contribution in [0, 0.1) is 0 Å². The predicted molar refractivity (Wildman–Crippen MR) is 86.8 cm³/mol. The van der Waals surface area contributed by atoms with E-state index in [0.717, 1.165) is 0 Å². The van der Waals surface area contributed by atoms with Gasteiger partial charge in [-0.3, -0.25) is 10.9 Å². The van der Waals surface area contributed by atoms with Crippen molar-refractivity contribution in [3.63, 3.8) is 0 Å². The first-order valence-electron chi connectivity index (χ1n) is 6.63. The van der Waals surface area contributed by atoms with E-state index in [1.165, 1.54) is 48.5 Å². The van der Waals surface area contributed by atoms with Crippen LogP contribution in [0.15, 0.2) is 48.5 Å². The highest BCUT2D eigenvalue weighted by molar-refractivity contribution is 7.80. The molecular formula is C15H12F2N3O3S-. The Bertz CT molecular complexity index is 709. The monoisotopic (exact) mass is 352 g/mol. The van der Waals surface area contributed by atoms with Crippen LogP contribution in [0.5, 0.6) is 5.75 Å². The van der Waals surface area contributed by atoms with E-state index in [1.807, 2.05) is 0 Å². The van der Waals surface area contributed by atoms with Crippen LogP contribution in [0.25, 0.3) is 0 Å². The molecule has 0 radical (unpaired) electrons. The molecule has 0 spiro atoms. The zero-order valence-corrected chi connectivity index (χ0v) is 12.9. The summed E-state index contributed by atoms with van der Waals surface area (Å²) in [4.78, 5) is 10.6. The third kappa shape index (κ3) is 5.36. The average molecular weight is 352 g/mol. The normalized spacial score (nSPS) is 10.1. The Morgan fingerprint density at radius 3 is 2.17 bits per heavy atom. The SMILES string of the molecule is O=C([O-])c1ccc(NNC(=S)Nc2ccc(OC(F)F)cc2)cc1. The third-order valence-electron chi connectivity index (χ3n) is 2.78. The van der Waals surface area contributed by atoms with E-state index >= 15 is 0 Å². The summed E-state index contributed by atoms with van der Waals surface area (Å²) in [6.45, 7) is -2.88. The standard InChI is InChI=1S/C15H13F2N3O3S/c16-14(17)23-12-7-5-10(6-8-12)18-15(24)20-19-11-3-1-9(2-4-11)13(21)22/h1-8,14,19H,(H,21,22)(H2,18,20,24)/p-1.